The van der Waals surface area contributed by atoms with Crippen LogP contribution in [0.5, 0.6) is 0 Å². The minimum absolute atomic E-state index is 0.305. The van der Waals surface area contributed by atoms with Crippen molar-refractivity contribution < 1.29 is 9.53 Å². The van der Waals surface area contributed by atoms with Crippen molar-refractivity contribution in [3.05, 3.63) is 167 Å². The molecule has 6 aromatic rings. The largest absolute Gasteiger partial charge is 0.441 e. The molecule has 0 N–H and O–H groups in total. The maximum Gasteiger partial charge on any atom is 0.340 e. The van der Waals surface area contributed by atoms with Crippen LogP contribution >= 0.6 is 0 Å². The number of rotatable bonds is 15. The molecule has 1 aliphatic heterocycles. The molecule has 1 unspecified atom stereocenters. The van der Waals surface area contributed by atoms with Crippen molar-refractivity contribution in [3.8, 4) is 11.3 Å². The smallest absolute Gasteiger partial charge is 0.340 e. The topological polar surface area (TPSA) is 34.5 Å². The lowest BCUT2D eigenvalue weighted by Crippen LogP contribution is -2.27. The molecule has 0 saturated carbocycles. The third-order valence-electron chi connectivity index (χ3n) is 10.7. The molecule has 0 fully saturated rings. The van der Waals surface area contributed by atoms with Crippen LogP contribution in [-0.4, -0.2) is 23.6 Å². The highest BCUT2D eigenvalue weighted by atomic mass is 16.6. The number of carbonyl (C=O) groups excluding carboxylic acids is 1. The first kappa shape index (κ1) is 35.1. The zero-order chi connectivity index (χ0) is 35.9. The minimum Gasteiger partial charge on any atom is -0.441 e. The zero-order valence-electron chi connectivity index (χ0n) is 30.9. The number of unbranched alkanes of at least 4 members (excludes halogenated alkanes) is 5. The Hall–Kier alpha value is -5.35. The summed E-state index contributed by atoms with van der Waals surface area (Å²) >= 11 is 0. The molecule has 0 bridgehead atoms. The van der Waals surface area contributed by atoms with Gasteiger partial charge >= 0.3 is 5.97 Å². The highest BCUT2D eigenvalue weighted by Crippen LogP contribution is 2.48. The number of anilines is 1. The van der Waals surface area contributed by atoms with Crippen LogP contribution in [-0.2, 0) is 16.9 Å². The van der Waals surface area contributed by atoms with Gasteiger partial charge in [0.15, 0.2) is 5.60 Å². The Morgan fingerprint density at radius 1 is 0.692 bits per heavy atom. The van der Waals surface area contributed by atoms with Crippen molar-refractivity contribution in [2.24, 2.45) is 0 Å². The van der Waals surface area contributed by atoms with Crippen LogP contribution in [0.1, 0.15) is 91.9 Å². The normalized spacial score (nSPS) is 15.5. The van der Waals surface area contributed by atoms with E-state index in [-0.39, 0.29) is 5.97 Å². The van der Waals surface area contributed by atoms with Gasteiger partial charge in [-0.1, -0.05) is 148 Å². The lowest BCUT2D eigenvalue weighted by atomic mass is 9.81. The summed E-state index contributed by atoms with van der Waals surface area (Å²) in [6.07, 6.45) is 9.65. The molecule has 7 rings (SSSR count). The van der Waals surface area contributed by atoms with Crippen LogP contribution in [0.3, 0.4) is 0 Å². The lowest BCUT2D eigenvalue weighted by Gasteiger charge is -2.29. The highest BCUT2D eigenvalue weighted by Gasteiger charge is 2.46. The lowest BCUT2D eigenvalue weighted by molar-refractivity contribution is 0.0276. The van der Waals surface area contributed by atoms with Gasteiger partial charge in [0, 0.05) is 52.9 Å². The molecule has 264 valence electrons. The van der Waals surface area contributed by atoms with E-state index >= 15 is 0 Å². The molecule has 4 heteroatoms. The van der Waals surface area contributed by atoms with Crippen molar-refractivity contribution in [2.75, 3.05) is 18.0 Å². The van der Waals surface area contributed by atoms with Gasteiger partial charge in [-0.2, -0.15) is 0 Å². The van der Waals surface area contributed by atoms with E-state index in [2.05, 4.69) is 152 Å². The Morgan fingerprint density at radius 3 is 2.06 bits per heavy atom. The molecule has 0 aliphatic carbocycles. The average Bonchev–Trinajstić information content (AvgIpc) is 3.68. The number of esters is 1. The van der Waals surface area contributed by atoms with E-state index in [1.807, 2.05) is 18.2 Å². The number of benzene rings is 5. The zero-order valence-corrected chi connectivity index (χ0v) is 30.9. The quantitative estimate of drug-likeness (QED) is 0.0796. The van der Waals surface area contributed by atoms with Gasteiger partial charge in [-0.05, 0) is 67.3 Å². The summed E-state index contributed by atoms with van der Waals surface area (Å²) in [5, 5.41) is 1.19. The number of hydrogen-bond donors (Lipinski definition) is 0. The molecule has 2 heterocycles. The molecule has 1 atom stereocenters. The van der Waals surface area contributed by atoms with Crippen LogP contribution in [0.2, 0.25) is 0 Å². The summed E-state index contributed by atoms with van der Waals surface area (Å²) in [4.78, 5) is 16.2. The molecule has 0 saturated heterocycles. The van der Waals surface area contributed by atoms with Crippen LogP contribution in [0.15, 0.2) is 140 Å². The van der Waals surface area contributed by atoms with Crippen LogP contribution < -0.4 is 4.90 Å². The van der Waals surface area contributed by atoms with E-state index in [4.69, 9.17) is 4.74 Å². The summed E-state index contributed by atoms with van der Waals surface area (Å²) in [6.45, 7) is 9.39. The highest BCUT2D eigenvalue weighted by molar-refractivity contribution is 6.05. The Bertz CT molecular complexity index is 2140. The minimum atomic E-state index is -1.14. The second-order valence-electron chi connectivity index (χ2n) is 13.8. The second kappa shape index (κ2) is 15.9. The maximum atomic E-state index is 13.8. The van der Waals surface area contributed by atoms with Gasteiger partial charge in [0.25, 0.3) is 0 Å². The molecule has 52 heavy (non-hydrogen) atoms. The SMILES string of the molecule is CCCCCCCCn1c(-c2ccccc2)c(/C(=C/C2(c3ccc(N(CC)CC)cc3)OC(=O)c3ccccc32)c2ccccc2)c2ccccc21. The van der Waals surface area contributed by atoms with Crippen molar-refractivity contribution in [3.63, 3.8) is 0 Å². The Morgan fingerprint density at radius 2 is 1.33 bits per heavy atom. The molecule has 0 spiro atoms. The van der Waals surface area contributed by atoms with Crippen molar-refractivity contribution in [1.29, 1.82) is 0 Å². The number of para-hydroxylation sites is 1. The van der Waals surface area contributed by atoms with E-state index in [0.29, 0.717) is 5.56 Å². The Balaban J connectivity index is 1.50. The number of aryl methyl sites for hydroxylation is 1. The van der Waals surface area contributed by atoms with E-state index in [0.717, 1.165) is 59.6 Å². The summed E-state index contributed by atoms with van der Waals surface area (Å²) in [5.41, 5.74) is 9.23. The van der Waals surface area contributed by atoms with Gasteiger partial charge in [0.1, 0.15) is 0 Å². The fourth-order valence-corrected chi connectivity index (χ4v) is 8.03. The third-order valence-corrected chi connectivity index (χ3v) is 10.7. The average molecular weight is 687 g/mol. The summed E-state index contributed by atoms with van der Waals surface area (Å²) in [5.74, 6) is -0.305. The Labute approximate surface area is 309 Å². The first-order valence-corrected chi connectivity index (χ1v) is 19.2. The number of ether oxygens (including phenoxy) is 1. The number of cyclic esters (lactones) is 1. The van der Waals surface area contributed by atoms with Crippen molar-refractivity contribution >= 4 is 28.1 Å². The molecule has 0 radical (unpaired) electrons. The van der Waals surface area contributed by atoms with Gasteiger partial charge in [0.05, 0.1) is 11.3 Å². The summed E-state index contributed by atoms with van der Waals surface area (Å²) < 4.78 is 9.21. The standard InChI is InChI=1S/C48H50N2O2/c1-4-7-8-9-10-21-34-50-44-29-20-18-27-41(44)45(46(50)37-24-15-12-16-25-37)42(36-22-13-11-14-23-36)35-48(43-28-19-17-26-40(43)47(51)52-48)38-30-32-39(33-31-38)49(5-2)6-3/h11-20,22-33,35H,4-10,21,34H2,1-3H3/b42-35+. The van der Waals surface area contributed by atoms with Gasteiger partial charge < -0.3 is 14.2 Å². The summed E-state index contributed by atoms with van der Waals surface area (Å²) in [6, 6.07) is 46.7. The first-order valence-electron chi connectivity index (χ1n) is 19.2. The van der Waals surface area contributed by atoms with Crippen LogP contribution in [0, 0.1) is 0 Å². The monoisotopic (exact) mass is 686 g/mol. The van der Waals surface area contributed by atoms with Crippen molar-refractivity contribution in [1.82, 2.24) is 4.57 Å². The van der Waals surface area contributed by atoms with Gasteiger partial charge in [0.2, 0.25) is 0 Å². The van der Waals surface area contributed by atoms with Crippen LogP contribution in [0.4, 0.5) is 5.69 Å². The predicted octanol–water partition coefficient (Wildman–Crippen LogP) is 12.1. The van der Waals surface area contributed by atoms with E-state index in [9.17, 15) is 4.79 Å². The second-order valence-corrected chi connectivity index (χ2v) is 13.8. The Kier molecular flexibility index (Phi) is 10.7. The predicted molar refractivity (Wildman–Crippen MR) is 217 cm³/mol. The molecule has 5 aromatic carbocycles. The number of fused-ring (bicyclic) bond motifs is 2. The summed E-state index contributed by atoms with van der Waals surface area (Å²) in [7, 11) is 0. The van der Waals surface area contributed by atoms with E-state index in [1.54, 1.807) is 0 Å². The van der Waals surface area contributed by atoms with Gasteiger partial charge in [-0.3, -0.25) is 0 Å². The molecule has 0 amide bonds. The number of nitrogens with zero attached hydrogens (tertiary/aromatic N) is 2. The van der Waals surface area contributed by atoms with Crippen molar-refractivity contribution in [2.45, 2.75) is 71.4 Å². The van der Waals surface area contributed by atoms with E-state index in [1.165, 1.54) is 54.3 Å². The number of hydrogen-bond acceptors (Lipinski definition) is 3. The molecule has 4 nitrogen and oxygen atoms in total. The maximum absolute atomic E-state index is 13.8. The molecular formula is C48H50N2O2. The van der Waals surface area contributed by atoms with Gasteiger partial charge in [-0.25, -0.2) is 4.79 Å². The molecular weight excluding hydrogens is 637 g/mol. The van der Waals surface area contributed by atoms with Gasteiger partial charge in [-0.15, -0.1) is 0 Å². The van der Waals surface area contributed by atoms with E-state index < -0.39 is 5.60 Å². The number of carbonyl (C=O) groups is 1. The molecule has 1 aromatic heterocycles. The fraction of sp³-hybridized carbons (Fsp3) is 0.271. The first-order chi connectivity index (χ1) is 25.6. The fourth-order valence-electron chi connectivity index (χ4n) is 8.03. The molecule has 1 aliphatic rings. The van der Waals surface area contributed by atoms with Crippen LogP contribution in [0.25, 0.3) is 27.7 Å². The third kappa shape index (κ3) is 6.70. The number of aromatic nitrogens is 1.